The molecule has 0 aliphatic carbocycles. The molecule has 15 heavy (non-hydrogen) atoms. The van der Waals surface area contributed by atoms with Crippen LogP contribution in [-0.4, -0.2) is 18.0 Å². The van der Waals surface area contributed by atoms with Crippen LogP contribution in [0.2, 0.25) is 0 Å². The van der Waals surface area contributed by atoms with Gasteiger partial charge in [-0.2, -0.15) is 0 Å². The molecule has 0 aliphatic heterocycles. The molecule has 1 atom stereocenters. The molecule has 0 radical (unpaired) electrons. The lowest BCUT2D eigenvalue weighted by atomic mass is 10.0. The third-order valence-corrected chi connectivity index (χ3v) is 2.61. The molecule has 88 valence electrons. The Hall–Kier alpha value is -0.720. The van der Waals surface area contributed by atoms with Gasteiger partial charge < -0.3 is 4.90 Å². The number of nitrogens with zero attached hydrogens (tertiary/aromatic N) is 1. The fraction of sp³-hybridized carbons (Fsp3) is 0.714. The van der Waals surface area contributed by atoms with Crippen molar-refractivity contribution < 1.29 is 0 Å². The van der Waals surface area contributed by atoms with E-state index in [1.54, 1.807) is 0 Å². The molecule has 0 bridgehead atoms. The van der Waals surface area contributed by atoms with Crippen molar-refractivity contribution in [2.75, 3.05) is 13.1 Å². The van der Waals surface area contributed by atoms with Gasteiger partial charge in [-0.25, -0.2) is 0 Å². The van der Waals surface area contributed by atoms with Gasteiger partial charge in [0.25, 0.3) is 0 Å². The molecule has 0 spiro atoms. The smallest absolute Gasteiger partial charge is 0.0143 e. The van der Waals surface area contributed by atoms with E-state index in [9.17, 15) is 0 Å². The summed E-state index contributed by atoms with van der Waals surface area (Å²) >= 11 is 0. The Morgan fingerprint density at radius 1 is 1.20 bits per heavy atom. The van der Waals surface area contributed by atoms with Gasteiger partial charge in [0.05, 0.1) is 0 Å². The molecular formula is C14H27N. The van der Waals surface area contributed by atoms with Crippen molar-refractivity contribution in [3.8, 4) is 0 Å². The molecule has 0 heterocycles. The van der Waals surface area contributed by atoms with Gasteiger partial charge in [0, 0.05) is 13.1 Å². The molecule has 0 saturated heterocycles. The van der Waals surface area contributed by atoms with Gasteiger partial charge in [-0.15, -0.1) is 0 Å². The van der Waals surface area contributed by atoms with Crippen LogP contribution in [0.15, 0.2) is 23.9 Å². The lowest BCUT2D eigenvalue weighted by Crippen LogP contribution is -2.15. The Labute approximate surface area is 95.9 Å². The highest BCUT2D eigenvalue weighted by Gasteiger charge is 1.96. The van der Waals surface area contributed by atoms with Crippen LogP contribution in [0.5, 0.6) is 0 Å². The quantitative estimate of drug-likeness (QED) is 0.567. The van der Waals surface area contributed by atoms with Gasteiger partial charge in [-0.1, -0.05) is 24.6 Å². The third-order valence-electron chi connectivity index (χ3n) is 2.61. The molecule has 0 amide bonds. The highest BCUT2D eigenvalue weighted by Crippen LogP contribution is 2.09. The summed E-state index contributed by atoms with van der Waals surface area (Å²) in [5.41, 5.74) is 1.43. The monoisotopic (exact) mass is 209 g/mol. The zero-order valence-electron chi connectivity index (χ0n) is 11.1. The van der Waals surface area contributed by atoms with Gasteiger partial charge >= 0.3 is 0 Å². The fourth-order valence-electron chi connectivity index (χ4n) is 1.43. The lowest BCUT2D eigenvalue weighted by molar-refractivity contribution is 0.414. The third kappa shape index (κ3) is 8.29. The number of hydrogen-bond donors (Lipinski definition) is 0. The molecule has 1 heteroatoms. The van der Waals surface area contributed by atoms with Crippen LogP contribution >= 0.6 is 0 Å². The van der Waals surface area contributed by atoms with E-state index >= 15 is 0 Å². The molecule has 0 aromatic rings. The van der Waals surface area contributed by atoms with Crippen molar-refractivity contribution in [3.05, 3.63) is 23.9 Å². The summed E-state index contributed by atoms with van der Waals surface area (Å²) in [6.07, 6.45) is 9.34. The SMILES string of the molecule is CCN(C=C[C@H](C)CCC=C(C)C)CC. The second kappa shape index (κ2) is 8.58. The maximum Gasteiger partial charge on any atom is 0.0143 e. The van der Waals surface area contributed by atoms with Gasteiger partial charge in [-0.3, -0.25) is 0 Å². The summed E-state index contributed by atoms with van der Waals surface area (Å²) < 4.78 is 0. The van der Waals surface area contributed by atoms with E-state index in [4.69, 9.17) is 0 Å². The van der Waals surface area contributed by atoms with Gasteiger partial charge in [0.2, 0.25) is 0 Å². The van der Waals surface area contributed by atoms with Crippen LogP contribution in [0, 0.1) is 5.92 Å². The van der Waals surface area contributed by atoms with E-state index in [0.29, 0.717) is 5.92 Å². The number of hydrogen-bond acceptors (Lipinski definition) is 1. The maximum absolute atomic E-state index is 2.33. The predicted octanol–water partition coefficient (Wildman–Crippen LogP) is 4.22. The van der Waals surface area contributed by atoms with Crippen LogP contribution < -0.4 is 0 Å². The molecular weight excluding hydrogens is 182 g/mol. The van der Waals surface area contributed by atoms with Crippen LogP contribution in [-0.2, 0) is 0 Å². The summed E-state index contributed by atoms with van der Waals surface area (Å²) in [6, 6.07) is 0. The second-order valence-electron chi connectivity index (χ2n) is 4.40. The molecule has 0 saturated carbocycles. The molecule has 0 fully saturated rings. The Morgan fingerprint density at radius 2 is 1.80 bits per heavy atom. The summed E-state index contributed by atoms with van der Waals surface area (Å²) in [5.74, 6) is 0.682. The van der Waals surface area contributed by atoms with Crippen molar-refractivity contribution in [1.82, 2.24) is 4.90 Å². The molecule has 0 aliphatic rings. The van der Waals surface area contributed by atoms with Gasteiger partial charge in [0.1, 0.15) is 0 Å². The average molecular weight is 209 g/mol. The first-order valence-electron chi connectivity index (χ1n) is 6.15. The molecule has 1 nitrogen and oxygen atoms in total. The first-order valence-corrected chi connectivity index (χ1v) is 6.15. The van der Waals surface area contributed by atoms with Crippen molar-refractivity contribution in [3.63, 3.8) is 0 Å². The van der Waals surface area contributed by atoms with E-state index in [0.717, 1.165) is 13.1 Å². The van der Waals surface area contributed by atoms with Gasteiger partial charge in [-0.05, 0) is 52.7 Å². The van der Waals surface area contributed by atoms with E-state index in [1.807, 2.05) is 0 Å². The number of allylic oxidation sites excluding steroid dienone is 3. The van der Waals surface area contributed by atoms with Crippen LogP contribution in [0.4, 0.5) is 0 Å². The lowest BCUT2D eigenvalue weighted by Gasteiger charge is -2.15. The minimum absolute atomic E-state index is 0.682. The maximum atomic E-state index is 2.33. The highest BCUT2D eigenvalue weighted by molar-refractivity contribution is 4.94. The first kappa shape index (κ1) is 14.3. The molecule has 0 rings (SSSR count). The van der Waals surface area contributed by atoms with Crippen LogP contribution in [0.25, 0.3) is 0 Å². The Kier molecular flexibility index (Phi) is 8.17. The number of rotatable bonds is 7. The van der Waals surface area contributed by atoms with Crippen molar-refractivity contribution in [2.45, 2.75) is 47.5 Å². The van der Waals surface area contributed by atoms with Crippen LogP contribution in [0.3, 0.4) is 0 Å². The minimum atomic E-state index is 0.682. The van der Waals surface area contributed by atoms with E-state index in [-0.39, 0.29) is 0 Å². The second-order valence-corrected chi connectivity index (χ2v) is 4.40. The molecule has 0 unspecified atom stereocenters. The van der Waals surface area contributed by atoms with E-state index in [1.165, 1.54) is 18.4 Å². The Morgan fingerprint density at radius 3 is 2.27 bits per heavy atom. The van der Waals surface area contributed by atoms with E-state index in [2.05, 4.69) is 57.9 Å². The molecule has 0 aromatic carbocycles. The predicted molar refractivity (Wildman–Crippen MR) is 69.9 cm³/mol. The molecule has 0 aromatic heterocycles. The zero-order valence-corrected chi connectivity index (χ0v) is 11.1. The largest absolute Gasteiger partial charge is 0.378 e. The summed E-state index contributed by atoms with van der Waals surface area (Å²) in [6.45, 7) is 13.2. The Bertz CT molecular complexity index is 195. The van der Waals surface area contributed by atoms with Crippen molar-refractivity contribution in [2.24, 2.45) is 5.92 Å². The van der Waals surface area contributed by atoms with Crippen molar-refractivity contribution in [1.29, 1.82) is 0 Å². The van der Waals surface area contributed by atoms with Gasteiger partial charge in [0.15, 0.2) is 0 Å². The normalized spacial score (nSPS) is 12.9. The van der Waals surface area contributed by atoms with Crippen molar-refractivity contribution >= 4 is 0 Å². The highest BCUT2D eigenvalue weighted by atomic mass is 15.1. The molecule has 0 N–H and O–H groups in total. The Balaban J connectivity index is 3.81. The first-order chi connectivity index (χ1) is 7.10. The summed E-state index contributed by atoms with van der Waals surface area (Å²) in [4.78, 5) is 2.33. The average Bonchev–Trinajstić information content (AvgIpc) is 2.18. The summed E-state index contributed by atoms with van der Waals surface area (Å²) in [5, 5.41) is 0. The van der Waals surface area contributed by atoms with Crippen LogP contribution in [0.1, 0.15) is 47.5 Å². The topological polar surface area (TPSA) is 3.24 Å². The van der Waals surface area contributed by atoms with E-state index < -0.39 is 0 Å². The zero-order chi connectivity index (χ0) is 11.7. The standard InChI is InChI=1S/C14H27N/c1-6-15(7-2)12-11-14(5)10-8-9-13(3)4/h9,11-12,14H,6-8,10H2,1-5H3/t14-/m1/s1. The minimum Gasteiger partial charge on any atom is -0.378 e. The fourth-order valence-corrected chi connectivity index (χ4v) is 1.43. The summed E-state index contributed by atoms with van der Waals surface area (Å²) in [7, 11) is 0.